The highest BCUT2D eigenvalue weighted by atomic mass is 35.7. The van der Waals surface area contributed by atoms with E-state index in [1.807, 2.05) is 0 Å². The molecular weight excluding hydrogens is 226 g/mol. The molecule has 0 spiro atoms. The van der Waals surface area contributed by atoms with Crippen molar-refractivity contribution in [3.63, 3.8) is 0 Å². The quantitative estimate of drug-likeness (QED) is 0.684. The summed E-state index contributed by atoms with van der Waals surface area (Å²) in [4.78, 5) is -0.00948. The van der Waals surface area contributed by atoms with E-state index >= 15 is 0 Å². The lowest BCUT2D eigenvalue weighted by atomic mass is 10.3. The Kier molecular flexibility index (Phi) is 1.97. The Morgan fingerprint density at radius 2 is 2.14 bits per heavy atom. The maximum atomic E-state index is 11.1. The Hall–Kier alpha value is -1.14. The number of fused-ring (bicyclic) bond motifs is 1. The third-order valence-electron chi connectivity index (χ3n) is 1.87. The molecule has 14 heavy (non-hydrogen) atoms. The van der Waals surface area contributed by atoms with Crippen LogP contribution in [0.5, 0.6) is 0 Å². The standard InChI is InChI=1S/C7H6ClN3O2S/c1-11-5-3-2-4-6(14(8,12)13)7(5)9-10-11/h2-4H,1H3. The van der Waals surface area contributed by atoms with Crippen LogP contribution in [0.1, 0.15) is 0 Å². The van der Waals surface area contributed by atoms with Gasteiger partial charge >= 0.3 is 0 Å². The van der Waals surface area contributed by atoms with Gasteiger partial charge in [-0.05, 0) is 12.1 Å². The zero-order valence-electron chi connectivity index (χ0n) is 7.18. The number of halogens is 1. The van der Waals surface area contributed by atoms with Crippen LogP contribution >= 0.6 is 10.7 Å². The van der Waals surface area contributed by atoms with Crippen LogP contribution in [-0.2, 0) is 16.1 Å². The van der Waals surface area contributed by atoms with E-state index in [2.05, 4.69) is 10.3 Å². The summed E-state index contributed by atoms with van der Waals surface area (Å²) in [6.45, 7) is 0. The lowest BCUT2D eigenvalue weighted by Gasteiger charge is -1.96. The first-order valence-electron chi connectivity index (χ1n) is 3.73. The number of nitrogens with zero attached hydrogens (tertiary/aromatic N) is 3. The SMILES string of the molecule is Cn1nnc2c(S(=O)(=O)Cl)cccc21. The second-order valence-corrected chi connectivity index (χ2v) is 5.31. The molecule has 1 aromatic heterocycles. The van der Waals surface area contributed by atoms with Gasteiger partial charge in [-0.2, -0.15) is 0 Å². The Morgan fingerprint density at radius 1 is 1.43 bits per heavy atom. The van der Waals surface area contributed by atoms with Crippen molar-refractivity contribution < 1.29 is 8.42 Å². The van der Waals surface area contributed by atoms with Gasteiger partial charge in [0.15, 0.2) is 0 Å². The van der Waals surface area contributed by atoms with Crippen LogP contribution in [0.15, 0.2) is 23.1 Å². The first-order chi connectivity index (χ1) is 6.50. The lowest BCUT2D eigenvalue weighted by molar-refractivity contribution is 0.610. The van der Waals surface area contributed by atoms with E-state index in [4.69, 9.17) is 10.7 Å². The molecule has 0 N–H and O–H groups in total. The van der Waals surface area contributed by atoms with Gasteiger partial charge in [0.05, 0.1) is 5.52 Å². The van der Waals surface area contributed by atoms with Gasteiger partial charge in [-0.25, -0.2) is 13.1 Å². The number of hydrogen-bond donors (Lipinski definition) is 0. The topological polar surface area (TPSA) is 64.8 Å². The summed E-state index contributed by atoms with van der Waals surface area (Å²) in [5.74, 6) is 0. The fraction of sp³-hybridized carbons (Fsp3) is 0.143. The summed E-state index contributed by atoms with van der Waals surface area (Å²) in [6.07, 6.45) is 0. The summed E-state index contributed by atoms with van der Waals surface area (Å²) >= 11 is 0. The van der Waals surface area contributed by atoms with Crippen molar-refractivity contribution >= 4 is 30.8 Å². The third-order valence-corrected chi connectivity index (χ3v) is 3.22. The van der Waals surface area contributed by atoms with Gasteiger partial charge in [-0.1, -0.05) is 11.3 Å². The molecule has 0 saturated carbocycles. The summed E-state index contributed by atoms with van der Waals surface area (Å²) in [5.41, 5.74) is 0.928. The van der Waals surface area contributed by atoms with E-state index < -0.39 is 9.05 Å². The molecule has 5 nitrogen and oxygen atoms in total. The number of benzene rings is 1. The Balaban J connectivity index is 2.92. The first-order valence-corrected chi connectivity index (χ1v) is 6.04. The van der Waals surface area contributed by atoms with Crippen LogP contribution in [0.4, 0.5) is 0 Å². The van der Waals surface area contributed by atoms with Gasteiger partial charge < -0.3 is 0 Å². The average Bonchev–Trinajstić information content (AvgIpc) is 2.46. The second kappa shape index (κ2) is 2.93. The molecule has 2 aromatic rings. The monoisotopic (exact) mass is 231 g/mol. The molecule has 74 valence electrons. The summed E-state index contributed by atoms with van der Waals surface area (Å²) < 4.78 is 23.8. The predicted octanol–water partition coefficient (Wildman–Crippen LogP) is 0.896. The smallest absolute Gasteiger partial charge is 0.248 e. The zero-order valence-corrected chi connectivity index (χ0v) is 8.75. The van der Waals surface area contributed by atoms with Crippen LogP contribution in [0.25, 0.3) is 11.0 Å². The number of rotatable bonds is 1. The van der Waals surface area contributed by atoms with E-state index in [0.717, 1.165) is 0 Å². The van der Waals surface area contributed by atoms with Crippen molar-refractivity contribution in [2.24, 2.45) is 7.05 Å². The fourth-order valence-corrected chi connectivity index (χ4v) is 2.22. The van der Waals surface area contributed by atoms with Gasteiger partial charge in [-0.3, -0.25) is 0 Å². The molecular formula is C7H6ClN3O2S. The van der Waals surface area contributed by atoms with Crippen LogP contribution in [0, 0.1) is 0 Å². The van der Waals surface area contributed by atoms with E-state index in [1.165, 1.54) is 10.7 Å². The number of hydrogen-bond acceptors (Lipinski definition) is 4. The molecule has 0 saturated heterocycles. The Bertz CT molecular complexity index is 590. The molecule has 2 rings (SSSR count). The molecule has 0 aliphatic heterocycles. The van der Waals surface area contributed by atoms with Crippen molar-refractivity contribution in [2.45, 2.75) is 4.90 Å². The molecule has 0 aliphatic carbocycles. The van der Waals surface area contributed by atoms with Crippen LogP contribution in [0.2, 0.25) is 0 Å². The second-order valence-electron chi connectivity index (χ2n) is 2.77. The molecule has 0 fully saturated rings. The van der Waals surface area contributed by atoms with Crippen LogP contribution < -0.4 is 0 Å². The molecule has 0 atom stereocenters. The molecule has 7 heteroatoms. The molecule has 0 radical (unpaired) electrons. The van der Waals surface area contributed by atoms with Gasteiger partial charge in [0.25, 0.3) is 9.05 Å². The van der Waals surface area contributed by atoms with Gasteiger partial charge in [0, 0.05) is 17.7 Å². The predicted molar refractivity (Wildman–Crippen MR) is 51.5 cm³/mol. The van der Waals surface area contributed by atoms with Crippen molar-refractivity contribution in [1.82, 2.24) is 15.0 Å². The fourth-order valence-electron chi connectivity index (χ4n) is 1.23. The van der Waals surface area contributed by atoms with Crippen molar-refractivity contribution in [2.75, 3.05) is 0 Å². The Labute approximate surface area is 84.7 Å². The minimum atomic E-state index is -3.76. The minimum Gasteiger partial charge on any atom is -0.248 e. The summed E-state index contributed by atoms with van der Waals surface area (Å²) in [7, 11) is 3.16. The third kappa shape index (κ3) is 1.36. The van der Waals surface area contributed by atoms with E-state index in [1.54, 1.807) is 19.2 Å². The maximum Gasteiger partial charge on any atom is 0.263 e. The largest absolute Gasteiger partial charge is 0.263 e. The molecule has 0 unspecified atom stereocenters. The van der Waals surface area contributed by atoms with Crippen molar-refractivity contribution in [1.29, 1.82) is 0 Å². The number of aryl methyl sites for hydroxylation is 1. The molecule has 0 aliphatic rings. The summed E-state index contributed by atoms with van der Waals surface area (Å²) in [5, 5.41) is 7.45. The molecule has 1 heterocycles. The Morgan fingerprint density at radius 3 is 2.79 bits per heavy atom. The lowest BCUT2D eigenvalue weighted by Crippen LogP contribution is -1.92. The molecule has 0 bridgehead atoms. The van der Waals surface area contributed by atoms with E-state index in [-0.39, 0.29) is 4.90 Å². The van der Waals surface area contributed by atoms with Crippen LogP contribution in [-0.4, -0.2) is 23.4 Å². The minimum absolute atomic E-state index is 0.00948. The highest BCUT2D eigenvalue weighted by molar-refractivity contribution is 8.14. The van der Waals surface area contributed by atoms with Crippen molar-refractivity contribution in [3.8, 4) is 0 Å². The van der Waals surface area contributed by atoms with Gasteiger partial charge in [0.2, 0.25) is 0 Å². The van der Waals surface area contributed by atoms with Gasteiger partial charge in [0.1, 0.15) is 10.4 Å². The first kappa shape index (κ1) is 9.42. The summed E-state index contributed by atoms with van der Waals surface area (Å²) in [6, 6.07) is 4.72. The van der Waals surface area contributed by atoms with Crippen LogP contribution in [0.3, 0.4) is 0 Å². The average molecular weight is 232 g/mol. The highest BCUT2D eigenvalue weighted by Crippen LogP contribution is 2.22. The van der Waals surface area contributed by atoms with E-state index in [9.17, 15) is 8.42 Å². The normalized spacial score (nSPS) is 12.1. The molecule has 1 aromatic carbocycles. The highest BCUT2D eigenvalue weighted by Gasteiger charge is 2.16. The van der Waals surface area contributed by atoms with Crippen molar-refractivity contribution in [3.05, 3.63) is 18.2 Å². The van der Waals surface area contributed by atoms with Gasteiger partial charge in [-0.15, -0.1) is 5.10 Å². The van der Waals surface area contributed by atoms with E-state index in [0.29, 0.717) is 11.0 Å². The number of aromatic nitrogens is 3. The maximum absolute atomic E-state index is 11.1. The molecule has 0 amide bonds. The zero-order chi connectivity index (χ0) is 10.3.